The van der Waals surface area contributed by atoms with Crippen LogP contribution in [-0.4, -0.2) is 60.3 Å². The van der Waals surface area contributed by atoms with Crippen molar-refractivity contribution in [3.05, 3.63) is 36.4 Å². The van der Waals surface area contributed by atoms with Crippen molar-refractivity contribution >= 4 is 17.9 Å². The Morgan fingerprint density at radius 2 is 1.85 bits per heavy atom. The van der Waals surface area contributed by atoms with Crippen LogP contribution in [0, 0.1) is 0 Å². The minimum Gasteiger partial charge on any atom is -0.450 e. The molecule has 0 spiro atoms. The molecule has 0 atom stereocenters. The van der Waals surface area contributed by atoms with E-state index >= 15 is 0 Å². The van der Waals surface area contributed by atoms with Crippen LogP contribution in [0.5, 0.6) is 0 Å². The highest BCUT2D eigenvalue weighted by Gasteiger charge is 2.24. The fourth-order valence-corrected chi connectivity index (χ4v) is 2.98. The standard InChI is InChI=1S/C20H27N5O2/c1-3-10-21-18-15-17(16-8-6-5-7-9-16)22-19(23-18)24-11-13-25(14-12-24)20(26)27-4-2/h5-9,15H,3-4,10-14H2,1-2H3,(H,21,22,23). The normalized spacial score (nSPS) is 14.1. The zero-order valence-corrected chi connectivity index (χ0v) is 16.0. The zero-order valence-electron chi connectivity index (χ0n) is 16.0. The Labute approximate surface area is 160 Å². The maximum atomic E-state index is 11.9. The SMILES string of the molecule is CCCNc1cc(-c2ccccc2)nc(N2CCN(C(=O)OCC)CC2)n1. The van der Waals surface area contributed by atoms with Crippen LogP contribution in [0.15, 0.2) is 36.4 Å². The summed E-state index contributed by atoms with van der Waals surface area (Å²) in [4.78, 5) is 25.2. The summed E-state index contributed by atoms with van der Waals surface area (Å²) < 4.78 is 5.09. The molecule has 1 aliphatic rings. The van der Waals surface area contributed by atoms with Gasteiger partial charge in [-0.15, -0.1) is 0 Å². The second-order valence-electron chi connectivity index (χ2n) is 6.40. The second kappa shape index (κ2) is 9.21. The van der Waals surface area contributed by atoms with Gasteiger partial charge < -0.3 is 19.9 Å². The van der Waals surface area contributed by atoms with Gasteiger partial charge in [-0.2, -0.15) is 4.98 Å². The molecule has 0 saturated carbocycles. The molecule has 1 amide bonds. The Bertz CT molecular complexity index is 745. The Hall–Kier alpha value is -2.83. The summed E-state index contributed by atoms with van der Waals surface area (Å²) in [6.45, 7) is 7.79. The highest BCUT2D eigenvalue weighted by Crippen LogP contribution is 2.23. The van der Waals surface area contributed by atoms with Gasteiger partial charge in [0.2, 0.25) is 5.95 Å². The van der Waals surface area contributed by atoms with Crippen molar-refractivity contribution in [1.82, 2.24) is 14.9 Å². The van der Waals surface area contributed by atoms with E-state index in [2.05, 4.69) is 29.3 Å². The van der Waals surface area contributed by atoms with Gasteiger partial charge in [0.05, 0.1) is 12.3 Å². The van der Waals surface area contributed by atoms with Crippen LogP contribution in [0.4, 0.5) is 16.6 Å². The van der Waals surface area contributed by atoms with E-state index in [1.807, 2.05) is 31.2 Å². The van der Waals surface area contributed by atoms with E-state index < -0.39 is 0 Å². The van der Waals surface area contributed by atoms with Crippen molar-refractivity contribution < 1.29 is 9.53 Å². The number of piperazine rings is 1. The van der Waals surface area contributed by atoms with Crippen molar-refractivity contribution in [2.45, 2.75) is 20.3 Å². The van der Waals surface area contributed by atoms with Crippen LogP contribution in [-0.2, 0) is 4.74 Å². The lowest BCUT2D eigenvalue weighted by Crippen LogP contribution is -2.49. The van der Waals surface area contributed by atoms with Gasteiger partial charge in [0.25, 0.3) is 0 Å². The first kappa shape index (κ1) is 18.9. The lowest BCUT2D eigenvalue weighted by molar-refractivity contribution is 0.105. The summed E-state index contributed by atoms with van der Waals surface area (Å²) in [7, 11) is 0. The van der Waals surface area contributed by atoms with Crippen LogP contribution in [0.2, 0.25) is 0 Å². The monoisotopic (exact) mass is 369 g/mol. The molecule has 7 nitrogen and oxygen atoms in total. The number of amides is 1. The molecule has 1 fully saturated rings. The molecule has 0 bridgehead atoms. The maximum absolute atomic E-state index is 11.9. The van der Waals surface area contributed by atoms with Crippen molar-refractivity contribution in [3.63, 3.8) is 0 Å². The summed E-state index contributed by atoms with van der Waals surface area (Å²) in [5.74, 6) is 1.52. The largest absolute Gasteiger partial charge is 0.450 e. The van der Waals surface area contributed by atoms with E-state index in [1.165, 1.54) is 0 Å². The van der Waals surface area contributed by atoms with Crippen LogP contribution in [0.25, 0.3) is 11.3 Å². The van der Waals surface area contributed by atoms with E-state index in [-0.39, 0.29) is 6.09 Å². The molecule has 1 aromatic heterocycles. The molecule has 1 aliphatic heterocycles. The molecular formula is C20H27N5O2. The number of aromatic nitrogens is 2. The minimum atomic E-state index is -0.249. The number of nitrogens with zero attached hydrogens (tertiary/aromatic N) is 4. The lowest BCUT2D eigenvalue weighted by Gasteiger charge is -2.34. The van der Waals surface area contributed by atoms with Crippen molar-refractivity contribution in [2.75, 3.05) is 49.5 Å². The predicted molar refractivity (Wildman–Crippen MR) is 107 cm³/mol. The topological polar surface area (TPSA) is 70.6 Å². The molecule has 3 rings (SSSR count). The van der Waals surface area contributed by atoms with Gasteiger partial charge in [-0.25, -0.2) is 9.78 Å². The molecule has 0 aliphatic carbocycles. The third kappa shape index (κ3) is 4.87. The molecule has 1 saturated heterocycles. The average molecular weight is 369 g/mol. The first-order chi connectivity index (χ1) is 13.2. The number of hydrogen-bond donors (Lipinski definition) is 1. The number of benzene rings is 1. The lowest BCUT2D eigenvalue weighted by atomic mass is 10.1. The Kier molecular flexibility index (Phi) is 6.46. The highest BCUT2D eigenvalue weighted by atomic mass is 16.6. The van der Waals surface area contributed by atoms with Crippen molar-refractivity contribution in [2.24, 2.45) is 0 Å². The number of ether oxygens (including phenoxy) is 1. The van der Waals surface area contributed by atoms with E-state index in [1.54, 1.807) is 4.90 Å². The summed E-state index contributed by atoms with van der Waals surface area (Å²) in [6, 6.07) is 12.1. The van der Waals surface area contributed by atoms with E-state index in [9.17, 15) is 4.79 Å². The van der Waals surface area contributed by atoms with Gasteiger partial charge in [-0.3, -0.25) is 0 Å². The molecule has 0 radical (unpaired) electrons. The third-order valence-electron chi connectivity index (χ3n) is 4.43. The molecule has 1 aromatic carbocycles. The summed E-state index contributed by atoms with van der Waals surface area (Å²) >= 11 is 0. The van der Waals surface area contributed by atoms with Gasteiger partial charge in [0, 0.05) is 44.4 Å². The van der Waals surface area contributed by atoms with Gasteiger partial charge in [0.15, 0.2) is 0 Å². The first-order valence-corrected chi connectivity index (χ1v) is 9.56. The van der Waals surface area contributed by atoms with Crippen LogP contribution in [0.3, 0.4) is 0 Å². The van der Waals surface area contributed by atoms with Gasteiger partial charge in [-0.05, 0) is 13.3 Å². The van der Waals surface area contributed by atoms with E-state index in [0.717, 1.165) is 30.0 Å². The average Bonchev–Trinajstić information content (AvgIpc) is 2.73. The molecule has 2 aromatic rings. The first-order valence-electron chi connectivity index (χ1n) is 9.56. The van der Waals surface area contributed by atoms with E-state index in [4.69, 9.17) is 14.7 Å². The number of hydrogen-bond acceptors (Lipinski definition) is 6. The zero-order chi connectivity index (χ0) is 19.1. The minimum absolute atomic E-state index is 0.249. The van der Waals surface area contributed by atoms with Gasteiger partial charge in [-0.1, -0.05) is 37.3 Å². The van der Waals surface area contributed by atoms with Crippen molar-refractivity contribution in [3.8, 4) is 11.3 Å². The molecule has 0 unspecified atom stereocenters. The predicted octanol–water partition coefficient (Wildman–Crippen LogP) is 3.24. The number of carbonyl (C=O) groups is 1. The highest BCUT2D eigenvalue weighted by molar-refractivity contribution is 5.68. The smallest absolute Gasteiger partial charge is 0.409 e. The van der Waals surface area contributed by atoms with Gasteiger partial charge >= 0.3 is 6.09 Å². The van der Waals surface area contributed by atoms with E-state index in [0.29, 0.717) is 38.7 Å². The molecule has 2 heterocycles. The summed E-state index contributed by atoms with van der Waals surface area (Å²) in [6.07, 6.45) is 0.777. The third-order valence-corrected chi connectivity index (χ3v) is 4.43. The molecule has 144 valence electrons. The summed E-state index contributed by atoms with van der Waals surface area (Å²) in [5.41, 5.74) is 1.96. The molecule has 27 heavy (non-hydrogen) atoms. The number of rotatable bonds is 6. The molecule has 1 N–H and O–H groups in total. The van der Waals surface area contributed by atoms with Gasteiger partial charge in [0.1, 0.15) is 5.82 Å². The number of carbonyl (C=O) groups excluding carboxylic acids is 1. The maximum Gasteiger partial charge on any atom is 0.409 e. The Morgan fingerprint density at radius 3 is 2.52 bits per heavy atom. The number of anilines is 2. The number of nitrogens with one attached hydrogen (secondary N) is 1. The fourth-order valence-electron chi connectivity index (χ4n) is 2.98. The second-order valence-corrected chi connectivity index (χ2v) is 6.40. The van der Waals surface area contributed by atoms with Crippen LogP contribution in [0.1, 0.15) is 20.3 Å². The van der Waals surface area contributed by atoms with Crippen LogP contribution >= 0.6 is 0 Å². The Morgan fingerprint density at radius 1 is 1.11 bits per heavy atom. The summed E-state index contributed by atoms with van der Waals surface area (Å²) in [5, 5.41) is 3.37. The quantitative estimate of drug-likeness (QED) is 0.843. The van der Waals surface area contributed by atoms with Crippen molar-refractivity contribution in [1.29, 1.82) is 0 Å². The molecular weight excluding hydrogens is 342 g/mol. The van der Waals surface area contributed by atoms with Crippen LogP contribution < -0.4 is 10.2 Å². The molecule has 7 heteroatoms. The Balaban J connectivity index is 1.79. The fraction of sp³-hybridized carbons (Fsp3) is 0.450.